The van der Waals surface area contributed by atoms with Gasteiger partial charge in [0.05, 0.1) is 5.25 Å². The highest BCUT2D eigenvalue weighted by Gasteiger charge is 2.22. The van der Waals surface area contributed by atoms with E-state index in [9.17, 15) is 13.6 Å². The van der Waals surface area contributed by atoms with E-state index < -0.39 is 5.76 Å². The maximum absolute atomic E-state index is 12.3. The second kappa shape index (κ2) is 9.70. The Morgan fingerprint density at radius 3 is 2.56 bits per heavy atom. The fourth-order valence-electron chi connectivity index (χ4n) is 2.74. The van der Waals surface area contributed by atoms with Gasteiger partial charge in [0.25, 0.3) is 5.76 Å². The lowest BCUT2D eigenvalue weighted by Gasteiger charge is -2.15. The van der Waals surface area contributed by atoms with Crippen LogP contribution in [0.2, 0.25) is 0 Å². The summed E-state index contributed by atoms with van der Waals surface area (Å²) in [6.07, 6.45) is 4.48. The Morgan fingerprint density at radius 1 is 1.19 bits per heavy atom. The van der Waals surface area contributed by atoms with Crippen molar-refractivity contribution >= 4 is 51.6 Å². The molecule has 0 spiro atoms. The normalized spacial score (nSPS) is 15.9. The Hall–Kier alpha value is -1.39. The summed E-state index contributed by atoms with van der Waals surface area (Å²) in [4.78, 5) is 12.8. The standard InChI is InChI=1S/C17H20F2N4OS3/c1-10(14(24)20-11-4-2-3-5-11)25-17-23-22-16(27-17)21-12-6-8-13(9-7-12)26-15(18)19/h6-11,15H,2-5H2,1H3,(H,20,24)(H,21,22). The van der Waals surface area contributed by atoms with Gasteiger partial charge in [0.2, 0.25) is 11.0 Å². The van der Waals surface area contributed by atoms with Gasteiger partial charge in [-0.3, -0.25) is 4.79 Å². The van der Waals surface area contributed by atoms with Crippen LogP contribution in [0, 0.1) is 0 Å². The summed E-state index contributed by atoms with van der Waals surface area (Å²) in [5, 5.41) is 14.7. The zero-order valence-corrected chi connectivity index (χ0v) is 17.1. The van der Waals surface area contributed by atoms with E-state index in [2.05, 4.69) is 20.8 Å². The van der Waals surface area contributed by atoms with Gasteiger partial charge in [0.1, 0.15) is 0 Å². The van der Waals surface area contributed by atoms with Crippen molar-refractivity contribution in [1.82, 2.24) is 15.5 Å². The van der Waals surface area contributed by atoms with Gasteiger partial charge in [-0.15, -0.1) is 10.2 Å². The molecule has 0 aliphatic heterocycles. The first-order chi connectivity index (χ1) is 13.0. The van der Waals surface area contributed by atoms with E-state index in [0.717, 1.165) is 18.5 Å². The molecular weight excluding hydrogens is 410 g/mol. The first kappa shape index (κ1) is 20.3. The third kappa shape index (κ3) is 6.32. The lowest BCUT2D eigenvalue weighted by Crippen LogP contribution is -2.37. The van der Waals surface area contributed by atoms with E-state index in [1.807, 2.05) is 6.92 Å². The molecule has 1 aromatic heterocycles. The third-order valence-corrected chi connectivity index (χ3v) is 6.83. The van der Waals surface area contributed by atoms with E-state index in [-0.39, 0.29) is 11.2 Å². The van der Waals surface area contributed by atoms with Crippen LogP contribution in [0.5, 0.6) is 0 Å². The highest BCUT2D eigenvalue weighted by molar-refractivity contribution is 8.02. The number of halogens is 2. The Kier molecular flexibility index (Phi) is 7.31. The first-order valence-electron chi connectivity index (χ1n) is 8.62. The molecule has 3 rings (SSSR count). The van der Waals surface area contributed by atoms with Crippen molar-refractivity contribution in [3.8, 4) is 0 Å². The summed E-state index contributed by atoms with van der Waals surface area (Å²) in [5.41, 5.74) is 0.744. The molecule has 27 heavy (non-hydrogen) atoms. The molecule has 1 fully saturated rings. The summed E-state index contributed by atoms with van der Waals surface area (Å²) >= 11 is 3.25. The summed E-state index contributed by atoms with van der Waals surface area (Å²) < 4.78 is 25.4. The van der Waals surface area contributed by atoms with Crippen LogP contribution in [-0.4, -0.2) is 33.2 Å². The summed E-state index contributed by atoms with van der Waals surface area (Å²) in [6.45, 7) is 1.86. The Labute approximate surface area is 169 Å². The van der Waals surface area contributed by atoms with Crippen molar-refractivity contribution in [3.63, 3.8) is 0 Å². The topological polar surface area (TPSA) is 66.9 Å². The molecule has 1 saturated carbocycles. The Morgan fingerprint density at radius 2 is 1.89 bits per heavy atom. The van der Waals surface area contributed by atoms with E-state index >= 15 is 0 Å². The van der Waals surface area contributed by atoms with Crippen LogP contribution in [0.4, 0.5) is 19.6 Å². The number of nitrogens with one attached hydrogen (secondary N) is 2. The number of thioether (sulfide) groups is 2. The summed E-state index contributed by atoms with van der Waals surface area (Å²) in [7, 11) is 0. The van der Waals surface area contributed by atoms with Gasteiger partial charge >= 0.3 is 0 Å². The van der Waals surface area contributed by atoms with Crippen molar-refractivity contribution in [3.05, 3.63) is 24.3 Å². The van der Waals surface area contributed by atoms with Crippen molar-refractivity contribution in [1.29, 1.82) is 0 Å². The van der Waals surface area contributed by atoms with Crippen LogP contribution in [0.25, 0.3) is 0 Å². The van der Waals surface area contributed by atoms with Gasteiger partial charge in [-0.2, -0.15) is 8.78 Å². The van der Waals surface area contributed by atoms with Crippen LogP contribution in [0.3, 0.4) is 0 Å². The number of carbonyl (C=O) groups excluding carboxylic acids is 1. The van der Waals surface area contributed by atoms with Gasteiger partial charge in [-0.25, -0.2) is 0 Å². The number of amides is 1. The minimum Gasteiger partial charge on any atom is -0.352 e. The molecule has 5 nitrogen and oxygen atoms in total. The highest BCUT2D eigenvalue weighted by Crippen LogP contribution is 2.32. The predicted octanol–water partition coefficient (Wildman–Crippen LogP) is 5.14. The number of hydrogen-bond donors (Lipinski definition) is 2. The second-order valence-electron chi connectivity index (χ2n) is 6.15. The van der Waals surface area contributed by atoms with Gasteiger partial charge < -0.3 is 10.6 Å². The zero-order valence-electron chi connectivity index (χ0n) is 14.7. The van der Waals surface area contributed by atoms with Gasteiger partial charge in [-0.05, 0) is 44.0 Å². The molecule has 1 aliphatic rings. The van der Waals surface area contributed by atoms with Crippen molar-refractivity contribution in [2.45, 2.75) is 58.9 Å². The number of hydrogen-bond acceptors (Lipinski definition) is 7. The van der Waals surface area contributed by atoms with Crippen LogP contribution in [-0.2, 0) is 4.79 Å². The fourth-order valence-corrected chi connectivity index (χ4v) is 5.17. The molecule has 1 aromatic carbocycles. The van der Waals surface area contributed by atoms with E-state index in [4.69, 9.17) is 0 Å². The molecule has 0 saturated heterocycles. The largest absolute Gasteiger partial charge is 0.352 e. The van der Waals surface area contributed by atoms with Crippen molar-refractivity contribution in [2.24, 2.45) is 0 Å². The molecule has 10 heteroatoms. The van der Waals surface area contributed by atoms with E-state index in [1.165, 1.54) is 35.9 Å². The monoisotopic (exact) mass is 430 g/mol. The average Bonchev–Trinajstić information content (AvgIpc) is 3.28. The Balaban J connectivity index is 1.51. The third-order valence-electron chi connectivity index (χ3n) is 4.09. The molecule has 0 radical (unpaired) electrons. The minimum atomic E-state index is -2.43. The fraction of sp³-hybridized carbons (Fsp3) is 0.471. The van der Waals surface area contributed by atoms with E-state index in [1.54, 1.807) is 24.3 Å². The predicted molar refractivity (Wildman–Crippen MR) is 107 cm³/mol. The first-order valence-corrected chi connectivity index (χ1v) is 11.2. The number of carbonyl (C=O) groups is 1. The van der Waals surface area contributed by atoms with Gasteiger partial charge in [0.15, 0.2) is 4.34 Å². The number of anilines is 2. The van der Waals surface area contributed by atoms with Gasteiger partial charge in [0, 0.05) is 16.6 Å². The number of rotatable bonds is 8. The number of benzene rings is 1. The maximum Gasteiger partial charge on any atom is 0.288 e. The molecule has 146 valence electrons. The summed E-state index contributed by atoms with van der Waals surface area (Å²) in [5.74, 6) is -2.40. The van der Waals surface area contributed by atoms with Crippen molar-refractivity contribution < 1.29 is 13.6 Å². The zero-order chi connectivity index (χ0) is 19.2. The molecule has 2 aromatic rings. The SMILES string of the molecule is CC(Sc1nnc(Nc2ccc(SC(F)F)cc2)s1)C(=O)NC1CCCC1. The lowest BCUT2D eigenvalue weighted by molar-refractivity contribution is -0.120. The Bertz CT molecular complexity index is 751. The molecular formula is C17H20F2N4OS3. The van der Waals surface area contributed by atoms with Crippen LogP contribution in [0.15, 0.2) is 33.5 Å². The molecule has 0 bridgehead atoms. The maximum atomic E-state index is 12.3. The second-order valence-corrected chi connectivity index (χ2v) is 9.78. The number of aromatic nitrogens is 2. The number of alkyl halides is 2. The highest BCUT2D eigenvalue weighted by atomic mass is 32.2. The van der Waals surface area contributed by atoms with Crippen LogP contribution < -0.4 is 10.6 Å². The molecule has 1 unspecified atom stereocenters. The van der Waals surface area contributed by atoms with E-state index in [0.29, 0.717) is 32.2 Å². The number of nitrogens with zero attached hydrogens (tertiary/aromatic N) is 2. The quantitative estimate of drug-likeness (QED) is 0.566. The smallest absolute Gasteiger partial charge is 0.288 e. The molecule has 2 N–H and O–H groups in total. The van der Waals surface area contributed by atoms with Gasteiger partial charge in [-0.1, -0.05) is 47.7 Å². The minimum absolute atomic E-state index is 0.0312. The molecule has 1 heterocycles. The van der Waals surface area contributed by atoms with Crippen LogP contribution >= 0.6 is 34.9 Å². The lowest BCUT2D eigenvalue weighted by atomic mass is 10.2. The summed E-state index contributed by atoms with van der Waals surface area (Å²) in [6, 6.07) is 7.00. The molecule has 1 amide bonds. The molecule has 1 atom stereocenters. The van der Waals surface area contributed by atoms with Crippen LogP contribution in [0.1, 0.15) is 32.6 Å². The molecule has 1 aliphatic carbocycles. The average molecular weight is 431 g/mol. The van der Waals surface area contributed by atoms with Crippen molar-refractivity contribution in [2.75, 3.05) is 5.32 Å².